The van der Waals surface area contributed by atoms with Gasteiger partial charge in [-0.05, 0) is 25.1 Å². The van der Waals surface area contributed by atoms with E-state index >= 15 is 0 Å². The minimum atomic E-state index is -0.460. The van der Waals surface area contributed by atoms with E-state index in [2.05, 4.69) is 10.3 Å². The Hall–Kier alpha value is -1.59. The van der Waals surface area contributed by atoms with E-state index in [1.165, 1.54) is 12.1 Å². The maximum atomic E-state index is 13.4. The average Bonchev–Trinajstić information content (AvgIpc) is 2.71. The number of ether oxygens (including phenoxy) is 1. The standard InChI is InChI=1S/C13H15ClFN3O/c1-9-8-18(5-6-19-2)13(16-9)17-10-3-4-11(14)12(15)7-10/h3-4,7-8H,5-6H2,1-2H3,(H,16,17). The third-order valence-electron chi connectivity index (χ3n) is 2.61. The Morgan fingerprint density at radius 2 is 2.26 bits per heavy atom. The lowest BCUT2D eigenvalue weighted by Crippen LogP contribution is -2.07. The van der Waals surface area contributed by atoms with E-state index in [1.54, 1.807) is 13.2 Å². The number of hydrogen-bond acceptors (Lipinski definition) is 3. The molecule has 0 aliphatic heterocycles. The number of rotatable bonds is 5. The number of benzene rings is 1. The predicted molar refractivity (Wildman–Crippen MR) is 73.5 cm³/mol. The van der Waals surface area contributed by atoms with Crippen LogP contribution in [0.15, 0.2) is 24.4 Å². The van der Waals surface area contributed by atoms with Gasteiger partial charge in [-0.3, -0.25) is 0 Å². The van der Waals surface area contributed by atoms with Crippen molar-refractivity contribution in [1.29, 1.82) is 0 Å². The Morgan fingerprint density at radius 3 is 2.95 bits per heavy atom. The van der Waals surface area contributed by atoms with E-state index in [4.69, 9.17) is 16.3 Å². The van der Waals surface area contributed by atoms with Crippen molar-refractivity contribution in [2.45, 2.75) is 13.5 Å². The van der Waals surface area contributed by atoms with Crippen molar-refractivity contribution in [3.8, 4) is 0 Å². The van der Waals surface area contributed by atoms with E-state index in [0.29, 0.717) is 24.8 Å². The van der Waals surface area contributed by atoms with E-state index in [0.717, 1.165) is 5.69 Å². The second kappa shape index (κ2) is 6.04. The van der Waals surface area contributed by atoms with Crippen LogP contribution in [0.1, 0.15) is 5.69 Å². The summed E-state index contributed by atoms with van der Waals surface area (Å²) in [5.41, 5.74) is 1.49. The van der Waals surface area contributed by atoms with Crippen molar-refractivity contribution >= 4 is 23.2 Å². The second-order valence-electron chi connectivity index (χ2n) is 4.15. The molecule has 0 atom stereocenters. The van der Waals surface area contributed by atoms with Gasteiger partial charge in [-0.2, -0.15) is 0 Å². The number of nitrogens with one attached hydrogen (secondary N) is 1. The van der Waals surface area contributed by atoms with Crippen LogP contribution in [0, 0.1) is 12.7 Å². The topological polar surface area (TPSA) is 39.1 Å². The van der Waals surface area contributed by atoms with Gasteiger partial charge >= 0.3 is 0 Å². The smallest absolute Gasteiger partial charge is 0.207 e. The van der Waals surface area contributed by atoms with Crippen molar-refractivity contribution in [3.05, 3.63) is 40.9 Å². The molecule has 1 aromatic heterocycles. The van der Waals surface area contributed by atoms with Crippen LogP contribution in [0.5, 0.6) is 0 Å². The summed E-state index contributed by atoms with van der Waals surface area (Å²) in [5.74, 6) is 0.189. The molecule has 6 heteroatoms. The lowest BCUT2D eigenvalue weighted by atomic mass is 10.3. The van der Waals surface area contributed by atoms with Gasteiger partial charge in [-0.1, -0.05) is 11.6 Å². The molecule has 19 heavy (non-hydrogen) atoms. The molecule has 2 rings (SSSR count). The SMILES string of the molecule is COCCn1cc(C)nc1Nc1ccc(Cl)c(F)c1. The molecule has 0 saturated heterocycles. The van der Waals surface area contributed by atoms with Gasteiger partial charge in [0, 0.05) is 25.5 Å². The monoisotopic (exact) mass is 283 g/mol. The first-order valence-corrected chi connectivity index (χ1v) is 6.22. The highest BCUT2D eigenvalue weighted by Gasteiger charge is 2.07. The molecule has 0 bridgehead atoms. The maximum Gasteiger partial charge on any atom is 0.207 e. The van der Waals surface area contributed by atoms with Gasteiger partial charge in [-0.15, -0.1) is 0 Å². The van der Waals surface area contributed by atoms with E-state index < -0.39 is 5.82 Å². The molecule has 1 heterocycles. The summed E-state index contributed by atoms with van der Waals surface area (Å²) in [5, 5.41) is 3.17. The highest BCUT2D eigenvalue weighted by atomic mass is 35.5. The third-order valence-corrected chi connectivity index (χ3v) is 2.92. The first-order chi connectivity index (χ1) is 9.10. The van der Waals surface area contributed by atoms with Crippen LogP contribution in [-0.2, 0) is 11.3 Å². The number of aryl methyl sites for hydroxylation is 1. The zero-order chi connectivity index (χ0) is 13.8. The molecule has 2 aromatic rings. The predicted octanol–water partition coefficient (Wildman–Crippen LogP) is 3.37. The highest BCUT2D eigenvalue weighted by Crippen LogP contribution is 2.22. The summed E-state index contributed by atoms with van der Waals surface area (Å²) in [6.07, 6.45) is 1.91. The zero-order valence-electron chi connectivity index (χ0n) is 10.8. The van der Waals surface area contributed by atoms with Gasteiger partial charge in [0.1, 0.15) is 5.82 Å². The van der Waals surface area contributed by atoms with Gasteiger partial charge in [0.2, 0.25) is 5.95 Å². The van der Waals surface area contributed by atoms with Crippen molar-refractivity contribution in [2.24, 2.45) is 0 Å². The van der Waals surface area contributed by atoms with Crippen molar-refractivity contribution in [3.63, 3.8) is 0 Å². The molecule has 0 fully saturated rings. The molecule has 0 aliphatic carbocycles. The van der Waals surface area contributed by atoms with Gasteiger partial charge in [0.05, 0.1) is 17.3 Å². The van der Waals surface area contributed by atoms with Gasteiger partial charge in [0.25, 0.3) is 0 Å². The summed E-state index contributed by atoms with van der Waals surface area (Å²) >= 11 is 5.65. The minimum Gasteiger partial charge on any atom is -0.383 e. The molecule has 102 valence electrons. The Balaban J connectivity index is 2.19. The summed E-state index contributed by atoms with van der Waals surface area (Å²) in [6.45, 7) is 3.16. The van der Waals surface area contributed by atoms with Crippen LogP contribution in [0.3, 0.4) is 0 Å². The molecule has 0 spiro atoms. The average molecular weight is 284 g/mol. The number of imidazole rings is 1. The number of methoxy groups -OCH3 is 1. The summed E-state index contributed by atoms with van der Waals surface area (Å²) in [4.78, 5) is 4.35. The van der Waals surface area contributed by atoms with Gasteiger partial charge in [-0.25, -0.2) is 9.37 Å². The molecular formula is C13H15ClFN3O. The third kappa shape index (κ3) is 3.45. The Labute approximate surface area is 116 Å². The molecule has 0 unspecified atom stereocenters. The first kappa shape index (κ1) is 13.8. The lowest BCUT2D eigenvalue weighted by Gasteiger charge is -2.09. The lowest BCUT2D eigenvalue weighted by molar-refractivity contribution is 0.188. The molecule has 1 N–H and O–H groups in total. The Bertz CT molecular complexity index is 571. The van der Waals surface area contributed by atoms with Crippen LogP contribution in [0.2, 0.25) is 5.02 Å². The number of nitrogens with zero attached hydrogens (tertiary/aromatic N) is 2. The number of hydrogen-bond donors (Lipinski definition) is 1. The fourth-order valence-electron chi connectivity index (χ4n) is 1.71. The van der Waals surface area contributed by atoms with Crippen molar-refractivity contribution in [2.75, 3.05) is 19.0 Å². The first-order valence-electron chi connectivity index (χ1n) is 5.85. The largest absolute Gasteiger partial charge is 0.383 e. The van der Waals surface area contributed by atoms with E-state index in [-0.39, 0.29) is 5.02 Å². The normalized spacial score (nSPS) is 10.7. The Kier molecular flexibility index (Phi) is 4.39. The van der Waals surface area contributed by atoms with Crippen molar-refractivity contribution in [1.82, 2.24) is 9.55 Å². The maximum absolute atomic E-state index is 13.4. The van der Waals surface area contributed by atoms with E-state index in [1.807, 2.05) is 17.7 Å². The van der Waals surface area contributed by atoms with Crippen LogP contribution < -0.4 is 5.32 Å². The fourth-order valence-corrected chi connectivity index (χ4v) is 1.83. The molecule has 0 saturated carbocycles. The zero-order valence-corrected chi connectivity index (χ0v) is 11.5. The van der Waals surface area contributed by atoms with Crippen LogP contribution in [0.25, 0.3) is 0 Å². The Morgan fingerprint density at radius 1 is 1.47 bits per heavy atom. The quantitative estimate of drug-likeness (QED) is 0.914. The molecule has 0 radical (unpaired) electrons. The van der Waals surface area contributed by atoms with Crippen molar-refractivity contribution < 1.29 is 9.13 Å². The van der Waals surface area contributed by atoms with E-state index in [9.17, 15) is 4.39 Å². The van der Waals surface area contributed by atoms with Gasteiger partial charge in [0.15, 0.2) is 0 Å². The molecular weight excluding hydrogens is 269 g/mol. The summed E-state index contributed by atoms with van der Waals surface area (Å²) in [6, 6.07) is 4.55. The summed E-state index contributed by atoms with van der Waals surface area (Å²) in [7, 11) is 1.64. The second-order valence-corrected chi connectivity index (χ2v) is 4.55. The van der Waals surface area contributed by atoms with Crippen LogP contribution in [0.4, 0.5) is 16.0 Å². The minimum absolute atomic E-state index is 0.101. The number of anilines is 2. The highest BCUT2D eigenvalue weighted by molar-refractivity contribution is 6.30. The van der Waals surface area contributed by atoms with Gasteiger partial charge < -0.3 is 14.6 Å². The van der Waals surface area contributed by atoms with Crippen LogP contribution in [-0.4, -0.2) is 23.3 Å². The molecule has 0 amide bonds. The molecule has 0 aliphatic rings. The van der Waals surface area contributed by atoms with Crippen LogP contribution >= 0.6 is 11.6 Å². The number of halogens is 2. The molecule has 1 aromatic carbocycles. The fraction of sp³-hybridized carbons (Fsp3) is 0.308. The molecule has 4 nitrogen and oxygen atoms in total. The summed E-state index contributed by atoms with van der Waals surface area (Å²) < 4.78 is 20.3. The number of aromatic nitrogens is 2.